The molecule has 1 aromatic rings. The number of hydrogen-bond donors (Lipinski definition) is 1. The van der Waals surface area contributed by atoms with E-state index in [1.165, 1.54) is 11.1 Å². The lowest BCUT2D eigenvalue weighted by Gasteiger charge is -2.33. The molecular weight excluding hydrogens is 302 g/mol. The van der Waals surface area contributed by atoms with E-state index in [4.69, 9.17) is 5.73 Å². The van der Waals surface area contributed by atoms with Crippen molar-refractivity contribution < 1.29 is 9.59 Å². The highest BCUT2D eigenvalue weighted by atomic mass is 16.2. The molecule has 2 saturated heterocycles. The Labute approximate surface area is 142 Å². The van der Waals surface area contributed by atoms with Gasteiger partial charge in [-0.1, -0.05) is 24.3 Å². The van der Waals surface area contributed by atoms with E-state index in [9.17, 15) is 9.59 Å². The number of carbonyl (C=O) groups is 2. The van der Waals surface area contributed by atoms with E-state index in [1.54, 1.807) is 6.92 Å². The van der Waals surface area contributed by atoms with Crippen LogP contribution in [0.4, 0.5) is 0 Å². The summed E-state index contributed by atoms with van der Waals surface area (Å²) in [5.74, 6) is 1.17. The fourth-order valence-corrected chi connectivity index (χ4v) is 4.78. The molecule has 2 aliphatic heterocycles. The van der Waals surface area contributed by atoms with Crippen LogP contribution in [0.3, 0.4) is 0 Å². The Balaban J connectivity index is 1.43. The van der Waals surface area contributed by atoms with Crippen LogP contribution in [-0.2, 0) is 9.59 Å². The smallest absolute Gasteiger partial charge is 0.225 e. The standard InChI is InChI=1S/C19H25N3O2/c1-12(23)21-8-6-13(7-9-21)19(24)22-10-16-14-4-2-3-5-15(14)18(20)17(16)11-22/h2-5,13,16-18H,6-11,20H2,1H3/t16-,17-,18-/m0/s1. The van der Waals surface area contributed by atoms with E-state index in [0.29, 0.717) is 24.9 Å². The number of piperidine rings is 1. The van der Waals surface area contributed by atoms with Gasteiger partial charge in [-0.05, 0) is 24.0 Å². The summed E-state index contributed by atoms with van der Waals surface area (Å²) in [6, 6.07) is 8.45. The number of nitrogens with zero attached hydrogens (tertiary/aromatic N) is 2. The lowest BCUT2D eigenvalue weighted by molar-refractivity contribution is -0.139. The molecule has 2 N–H and O–H groups in total. The number of fused-ring (bicyclic) bond motifs is 3. The molecule has 4 rings (SSSR count). The number of benzene rings is 1. The van der Waals surface area contributed by atoms with Gasteiger partial charge >= 0.3 is 0 Å². The van der Waals surface area contributed by atoms with Crippen molar-refractivity contribution in [3.63, 3.8) is 0 Å². The van der Waals surface area contributed by atoms with E-state index in [2.05, 4.69) is 18.2 Å². The molecule has 3 aliphatic rings. The summed E-state index contributed by atoms with van der Waals surface area (Å²) in [6.07, 6.45) is 1.57. The molecule has 0 unspecified atom stereocenters. The van der Waals surface area contributed by atoms with E-state index < -0.39 is 0 Å². The molecule has 0 bridgehead atoms. The predicted octanol–water partition coefficient (Wildman–Crippen LogP) is 1.50. The Morgan fingerprint density at radius 1 is 1.04 bits per heavy atom. The number of likely N-dealkylation sites (tertiary alicyclic amines) is 2. The second-order valence-electron chi connectivity index (χ2n) is 7.45. The van der Waals surface area contributed by atoms with Crippen LogP contribution in [0.25, 0.3) is 0 Å². The summed E-state index contributed by atoms with van der Waals surface area (Å²) >= 11 is 0. The van der Waals surface area contributed by atoms with Crippen molar-refractivity contribution in [1.82, 2.24) is 9.80 Å². The Hall–Kier alpha value is -1.88. The minimum atomic E-state index is 0.0450. The predicted molar refractivity (Wildman–Crippen MR) is 91.2 cm³/mol. The van der Waals surface area contributed by atoms with Gasteiger partial charge in [0.2, 0.25) is 11.8 Å². The number of hydrogen-bond acceptors (Lipinski definition) is 3. The highest BCUT2D eigenvalue weighted by Crippen LogP contribution is 2.48. The van der Waals surface area contributed by atoms with Crippen LogP contribution < -0.4 is 5.73 Å². The number of rotatable bonds is 1. The number of amides is 2. The third kappa shape index (κ3) is 2.42. The minimum Gasteiger partial charge on any atom is -0.343 e. The van der Waals surface area contributed by atoms with Gasteiger partial charge < -0.3 is 15.5 Å². The average Bonchev–Trinajstić information content (AvgIpc) is 3.15. The van der Waals surface area contributed by atoms with Crippen LogP contribution in [0.5, 0.6) is 0 Å². The summed E-state index contributed by atoms with van der Waals surface area (Å²) in [5.41, 5.74) is 9.03. The molecule has 1 aliphatic carbocycles. The van der Waals surface area contributed by atoms with Crippen LogP contribution in [0, 0.1) is 11.8 Å². The van der Waals surface area contributed by atoms with E-state index in [0.717, 1.165) is 25.9 Å². The third-order valence-corrected chi connectivity index (χ3v) is 6.18. The van der Waals surface area contributed by atoms with Crippen molar-refractivity contribution in [3.8, 4) is 0 Å². The molecule has 2 amide bonds. The van der Waals surface area contributed by atoms with Gasteiger partial charge in [-0.25, -0.2) is 0 Å². The highest BCUT2D eigenvalue weighted by Gasteiger charge is 2.46. The lowest BCUT2D eigenvalue weighted by Crippen LogP contribution is -2.43. The number of nitrogens with two attached hydrogens (primary N) is 1. The van der Waals surface area contributed by atoms with Gasteiger partial charge in [0.15, 0.2) is 0 Å². The summed E-state index contributed by atoms with van der Waals surface area (Å²) < 4.78 is 0. The summed E-state index contributed by atoms with van der Waals surface area (Å²) in [7, 11) is 0. The number of carbonyl (C=O) groups excluding carboxylic acids is 2. The molecule has 0 aromatic heterocycles. The van der Waals surface area contributed by atoms with Crippen LogP contribution in [0.2, 0.25) is 0 Å². The maximum absolute atomic E-state index is 12.9. The highest BCUT2D eigenvalue weighted by molar-refractivity contribution is 5.80. The zero-order valence-corrected chi connectivity index (χ0v) is 14.1. The second kappa shape index (κ2) is 5.88. The van der Waals surface area contributed by atoms with E-state index >= 15 is 0 Å². The van der Waals surface area contributed by atoms with Crippen molar-refractivity contribution in [1.29, 1.82) is 0 Å². The third-order valence-electron chi connectivity index (χ3n) is 6.18. The van der Waals surface area contributed by atoms with Gasteiger partial charge in [0.05, 0.1) is 0 Å². The van der Waals surface area contributed by atoms with Gasteiger partial charge in [-0.2, -0.15) is 0 Å². The molecule has 24 heavy (non-hydrogen) atoms. The van der Waals surface area contributed by atoms with Gasteiger partial charge in [-0.15, -0.1) is 0 Å². The van der Waals surface area contributed by atoms with Crippen molar-refractivity contribution in [2.75, 3.05) is 26.2 Å². The zero-order valence-electron chi connectivity index (χ0n) is 14.1. The average molecular weight is 327 g/mol. The fraction of sp³-hybridized carbons (Fsp3) is 0.579. The van der Waals surface area contributed by atoms with Crippen molar-refractivity contribution in [3.05, 3.63) is 35.4 Å². The van der Waals surface area contributed by atoms with E-state index in [-0.39, 0.29) is 23.8 Å². The molecule has 2 fully saturated rings. The first-order valence-electron chi connectivity index (χ1n) is 8.95. The SMILES string of the molecule is CC(=O)N1CCC(C(=O)N2C[C@@H]3[C@@H](N)c4ccccc4[C@@H]3C2)CC1. The van der Waals surface area contributed by atoms with Gasteiger partial charge in [0, 0.05) is 56.9 Å². The fourth-order valence-electron chi connectivity index (χ4n) is 4.78. The van der Waals surface area contributed by atoms with E-state index in [1.807, 2.05) is 15.9 Å². The molecule has 128 valence electrons. The van der Waals surface area contributed by atoms with Gasteiger partial charge in [0.1, 0.15) is 0 Å². The Morgan fingerprint density at radius 2 is 1.71 bits per heavy atom. The molecular formula is C19H25N3O2. The molecule has 0 saturated carbocycles. The van der Waals surface area contributed by atoms with Crippen LogP contribution >= 0.6 is 0 Å². The van der Waals surface area contributed by atoms with Crippen molar-refractivity contribution >= 4 is 11.8 Å². The molecule has 5 heteroatoms. The first-order valence-corrected chi connectivity index (χ1v) is 8.95. The Bertz CT molecular complexity index is 666. The first-order chi connectivity index (χ1) is 11.6. The molecule has 0 spiro atoms. The van der Waals surface area contributed by atoms with Crippen molar-refractivity contribution in [2.45, 2.75) is 31.7 Å². The molecule has 0 radical (unpaired) electrons. The maximum Gasteiger partial charge on any atom is 0.225 e. The summed E-state index contributed by atoms with van der Waals surface area (Å²) in [6.45, 7) is 4.57. The van der Waals surface area contributed by atoms with Crippen LogP contribution in [0.15, 0.2) is 24.3 Å². The first kappa shape index (κ1) is 15.6. The monoisotopic (exact) mass is 327 g/mol. The summed E-state index contributed by atoms with van der Waals surface area (Å²) in [4.78, 5) is 28.2. The quantitative estimate of drug-likeness (QED) is 0.850. The molecule has 2 heterocycles. The molecule has 1 aromatic carbocycles. The molecule has 5 nitrogen and oxygen atoms in total. The van der Waals surface area contributed by atoms with Gasteiger partial charge in [0.25, 0.3) is 0 Å². The Kier molecular flexibility index (Phi) is 3.83. The van der Waals surface area contributed by atoms with Crippen LogP contribution in [0.1, 0.15) is 42.9 Å². The second-order valence-corrected chi connectivity index (χ2v) is 7.45. The largest absolute Gasteiger partial charge is 0.343 e. The Morgan fingerprint density at radius 3 is 2.38 bits per heavy atom. The normalized spacial score (nSPS) is 29.5. The zero-order chi connectivity index (χ0) is 16.8. The topological polar surface area (TPSA) is 66.6 Å². The van der Waals surface area contributed by atoms with Gasteiger partial charge in [-0.3, -0.25) is 9.59 Å². The maximum atomic E-state index is 12.9. The van der Waals surface area contributed by atoms with Crippen molar-refractivity contribution in [2.24, 2.45) is 17.6 Å². The molecule has 3 atom stereocenters. The minimum absolute atomic E-state index is 0.0450. The lowest BCUT2D eigenvalue weighted by atomic mass is 9.95. The summed E-state index contributed by atoms with van der Waals surface area (Å²) in [5, 5.41) is 0. The van der Waals surface area contributed by atoms with Crippen LogP contribution in [-0.4, -0.2) is 47.8 Å².